The fraction of sp³-hybridized carbons (Fsp3) is 0.0526. The summed E-state index contributed by atoms with van der Waals surface area (Å²) in [7, 11) is 0. The zero-order valence-corrected chi connectivity index (χ0v) is 14.3. The molecule has 0 unspecified atom stereocenters. The van der Waals surface area contributed by atoms with Crippen molar-refractivity contribution in [2.75, 3.05) is 10.6 Å². The van der Waals surface area contributed by atoms with E-state index in [1.54, 1.807) is 48.5 Å². The molecule has 0 radical (unpaired) electrons. The van der Waals surface area contributed by atoms with Crippen molar-refractivity contribution in [1.29, 1.82) is 0 Å². The summed E-state index contributed by atoms with van der Waals surface area (Å²) in [6.45, 7) is -0.0638. The van der Waals surface area contributed by atoms with Crippen LogP contribution in [0.15, 0.2) is 67.0 Å². The minimum absolute atomic E-state index is 0.0638. The van der Waals surface area contributed by atoms with E-state index in [1.807, 2.05) is 6.07 Å². The van der Waals surface area contributed by atoms with Crippen LogP contribution in [0.5, 0.6) is 0 Å². The summed E-state index contributed by atoms with van der Waals surface area (Å²) in [6.07, 6.45) is 2.94. The van der Waals surface area contributed by atoms with Gasteiger partial charge in [-0.2, -0.15) is 5.10 Å². The first-order valence-electron chi connectivity index (χ1n) is 8.10. The number of amides is 3. The Kier molecular flexibility index (Phi) is 5.27. The van der Waals surface area contributed by atoms with E-state index < -0.39 is 5.91 Å². The standard InChI is InChI=1S/C19H17N5O3/c20-17(25)12-24-11-16(10-21-24)23-19(27)14-6-8-15(9-7-14)22-18(26)13-4-2-1-3-5-13/h1-11H,12H2,(H2,20,25)(H,22,26)(H,23,27). The van der Waals surface area contributed by atoms with Gasteiger partial charge in [-0.3, -0.25) is 19.1 Å². The normalized spacial score (nSPS) is 10.2. The molecule has 8 heteroatoms. The lowest BCUT2D eigenvalue weighted by Gasteiger charge is -2.07. The summed E-state index contributed by atoms with van der Waals surface area (Å²) in [4.78, 5) is 35.3. The van der Waals surface area contributed by atoms with Crippen molar-refractivity contribution in [3.63, 3.8) is 0 Å². The fourth-order valence-electron chi connectivity index (χ4n) is 2.38. The molecule has 0 saturated heterocycles. The average Bonchev–Trinajstić information content (AvgIpc) is 3.09. The number of carbonyl (C=O) groups excluding carboxylic acids is 3. The van der Waals surface area contributed by atoms with E-state index in [0.29, 0.717) is 22.5 Å². The highest BCUT2D eigenvalue weighted by atomic mass is 16.2. The number of hydrogen-bond donors (Lipinski definition) is 3. The molecule has 1 heterocycles. The van der Waals surface area contributed by atoms with Crippen molar-refractivity contribution in [2.24, 2.45) is 5.73 Å². The van der Waals surface area contributed by atoms with Crippen LogP contribution in [0.25, 0.3) is 0 Å². The molecule has 8 nitrogen and oxygen atoms in total. The first kappa shape index (κ1) is 17.9. The lowest BCUT2D eigenvalue weighted by Crippen LogP contribution is -2.18. The number of nitrogens with one attached hydrogen (secondary N) is 2. The zero-order chi connectivity index (χ0) is 19.2. The van der Waals surface area contributed by atoms with Crippen LogP contribution >= 0.6 is 0 Å². The minimum Gasteiger partial charge on any atom is -0.368 e. The van der Waals surface area contributed by atoms with Crippen molar-refractivity contribution >= 4 is 29.1 Å². The molecule has 0 aliphatic carbocycles. The van der Waals surface area contributed by atoms with Crippen molar-refractivity contribution in [1.82, 2.24) is 9.78 Å². The Balaban J connectivity index is 1.61. The maximum Gasteiger partial charge on any atom is 0.255 e. The molecule has 136 valence electrons. The smallest absolute Gasteiger partial charge is 0.255 e. The molecule has 0 spiro atoms. The number of carbonyl (C=O) groups is 3. The number of primary amides is 1. The Hall–Kier alpha value is -3.94. The van der Waals surface area contributed by atoms with Crippen LogP contribution < -0.4 is 16.4 Å². The second-order valence-electron chi connectivity index (χ2n) is 5.74. The Morgan fingerprint density at radius 1 is 0.852 bits per heavy atom. The number of rotatable bonds is 6. The molecule has 3 rings (SSSR count). The molecule has 1 aromatic heterocycles. The Labute approximate surface area is 155 Å². The molecular weight excluding hydrogens is 346 g/mol. The summed E-state index contributed by atoms with van der Waals surface area (Å²) in [5.41, 5.74) is 7.08. The quantitative estimate of drug-likeness (QED) is 0.619. The van der Waals surface area contributed by atoms with Crippen molar-refractivity contribution in [3.8, 4) is 0 Å². The van der Waals surface area contributed by atoms with Crippen molar-refractivity contribution in [2.45, 2.75) is 6.54 Å². The predicted octanol–water partition coefficient (Wildman–Crippen LogP) is 1.87. The number of benzene rings is 2. The third-order valence-electron chi connectivity index (χ3n) is 3.65. The molecule has 3 aromatic rings. The highest BCUT2D eigenvalue weighted by molar-refractivity contribution is 6.06. The summed E-state index contributed by atoms with van der Waals surface area (Å²) in [5.74, 6) is -1.09. The highest BCUT2D eigenvalue weighted by Gasteiger charge is 2.10. The maximum absolute atomic E-state index is 12.3. The number of anilines is 2. The Bertz CT molecular complexity index is 965. The van der Waals surface area contributed by atoms with E-state index >= 15 is 0 Å². The second kappa shape index (κ2) is 7.96. The molecule has 0 atom stereocenters. The van der Waals surface area contributed by atoms with Crippen LogP contribution in [0.4, 0.5) is 11.4 Å². The van der Waals surface area contributed by atoms with Gasteiger partial charge >= 0.3 is 0 Å². The molecule has 2 aromatic carbocycles. The van der Waals surface area contributed by atoms with E-state index in [1.165, 1.54) is 17.1 Å². The molecule has 3 amide bonds. The van der Waals surface area contributed by atoms with E-state index in [0.717, 1.165) is 0 Å². The van der Waals surface area contributed by atoms with Gasteiger partial charge in [-0.05, 0) is 36.4 Å². The monoisotopic (exact) mass is 363 g/mol. The zero-order valence-electron chi connectivity index (χ0n) is 14.3. The van der Waals surface area contributed by atoms with E-state index in [4.69, 9.17) is 5.73 Å². The molecule has 27 heavy (non-hydrogen) atoms. The van der Waals surface area contributed by atoms with Crippen LogP contribution in [0.3, 0.4) is 0 Å². The highest BCUT2D eigenvalue weighted by Crippen LogP contribution is 2.13. The van der Waals surface area contributed by atoms with Crippen LogP contribution in [0, 0.1) is 0 Å². The SMILES string of the molecule is NC(=O)Cn1cc(NC(=O)c2ccc(NC(=O)c3ccccc3)cc2)cn1. The summed E-state index contributed by atoms with van der Waals surface area (Å²) >= 11 is 0. The van der Waals surface area contributed by atoms with Gasteiger partial charge in [0.2, 0.25) is 5.91 Å². The number of nitrogens with two attached hydrogens (primary N) is 1. The van der Waals surface area contributed by atoms with Crippen molar-refractivity contribution in [3.05, 3.63) is 78.1 Å². The number of hydrogen-bond acceptors (Lipinski definition) is 4. The third kappa shape index (κ3) is 4.79. The fourth-order valence-corrected chi connectivity index (χ4v) is 2.38. The Morgan fingerprint density at radius 3 is 2.07 bits per heavy atom. The van der Waals surface area contributed by atoms with Gasteiger partial charge in [-0.15, -0.1) is 0 Å². The van der Waals surface area contributed by atoms with Gasteiger partial charge in [0, 0.05) is 23.0 Å². The van der Waals surface area contributed by atoms with Gasteiger partial charge in [0.15, 0.2) is 0 Å². The second-order valence-corrected chi connectivity index (χ2v) is 5.74. The lowest BCUT2D eigenvalue weighted by molar-refractivity contribution is -0.118. The first-order valence-corrected chi connectivity index (χ1v) is 8.10. The molecule has 0 bridgehead atoms. The topological polar surface area (TPSA) is 119 Å². The van der Waals surface area contributed by atoms with Crippen LogP contribution in [0.1, 0.15) is 20.7 Å². The number of aromatic nitrogens is 2. The van der Waals surface area contributed by atoms with E-state index in [9.17, 15) is 14.4 Å². The van der Waals surface area contributed by atoms with E-state index in [2.05, 4.69) is 15.7 Å². The largest absolute Gasteiger partial charge is 0.368 e. The van der Waals surface area contributed by atoms with Crippen LogP contribution in [-0.2, 0) is 11.3 Å². The van der Waals surface area contributed by atoms with Crippen LogP contribution in [-0.4, -0.2) is 27.5 Å². The third-order valence-corrected chi connectivity index (χ3v) is 3.65. The molecule has 0 fully saturated rings. The Morgan fingerprint density at radius 2 is 1.44 bits per heavy atom. The van der Waals surface area contributed by atoms with Gasteiger partial charge < -0.3 is 16.4 Å². The lowest BCUT2D eigenvalue weighted by atomic mass is 10.1. The van der Waals surface area contributed by atoms with Gasteiger partial charge in [0.1, 0.15) is 6.54 Å². The van der Waals surface area contributed by atoms with Crippen LogP contribution in [0.2, 0.25) is 0 Å². The average molecular weight is 363 g/mol. The summed E-state index contributed by atoms with van der Waals surface area (Å²) in [5, 5.41) is 9.38. The molecular formula is C19H17N5O3. The molecule has 0 aliphatic heterocycles. The molecule has 4 N–H and O–H groups in total. The predicted molar refractivity (Wildman–Crippen MR) is 100 cm³/mol. The van der Waals surface area contributed by atoms with Gasteiger partial charge in [0.25, 0.3) is 11.8 Å². The van der Waals surface area contributed by atoms with Crippen molar-refractivity contribution < 1.29 is 14.4 Å². The molecule has 0 aliphatic rings. The molecule has 0 saturated carbocycles. The minimum atomic E-state index is -0.524. The first-order chi connectivity index (χ1) is 13.0. The van der Waals surface area contributed by atoms with Gasteiger partial charge in [-0.25, -0.2) is 0 Å². The van der Waals surface area contributed by atoms with Gasteiger partial charge in [0.05, 0.1) is 11.9 Å². The summed E-state index contributed by atoms with van der Waals surface area (Å²) < 4.78 is 1.33. The van der Waals surface area contributed by atoms with Gasteiger partial charge in [-0.1, -0.05) is 18.2 Å². The maximum atomic E-state index is 12.3. The number of nitrogens with zero attached hydrogens (tertiary/aromatic N) is 2. The van der Waals surface area contributed by atoms with E-state index in [-0.39, 0.29) is 18.4 Å². The summed E-state index contributed by atoms with van der Waals surface area (Å²) in [6, 6.07) is 15.3.